The van der Waals surface area contributed by atoms with Gasteiger partial charge in [0.25, 0.3) is 0 Å². The Morgan fingerprint density at radius 3 is 2.79 bits per heavy atom. The number of likely N-dealkylation sites (N-methyl/N-ethyl adjacent to an activating group) is 1. The van der Waals surface area contributed by atoms with Gasteiger partial charge >= 0.3 is 0 Å². The molecule has 0 aliphatic carbocycles. The second kappa shape index (κ2) is 5.44. The van der Waals surface area contributed by atoms with E-state index in [1.54, 1.807) is 14.0 Å². The minimum atomic E-state index is -0.762. The van der Waals surface area contributed by atoms with E-state index in [4.69, 9.17) is 0 Å². The molecule has 2 rings (SSSR count). The van der Waals surface area contributed by atoms with Gasteiger partial charge in [-0.1, -0.05) is 0 Å². The molecule has 7 heteroatoms. The number of hydrogen-bond acceptors (Lipinski definition) is 5. The lowest BCUT2D eigenvalue weighted by Crippen LogP contribution is -2.71. The highest BCUT2D eigenvalue weighted by Gasteiger charge is 2.50. The van der Waals surface area contributed by atoms with Gasteiger partial charge in [0, 0.05) is 26.2 Å². The molecule has 2 heterocycles. The molecule has 2 aliphatic rings. The second-order valence-electron chi connectivity index (χ2n) is 5.39. The van der Waals surface area contributed by atoms with Crippen LogP contribution >= 0.6 is 0 Å². The summed E-state index contributed by atoms with van der Waals surface area (Å²) in [7, 11) is 1.54. The van der Waals surface area contributed by atoms with Crippen molar-refractivity contribution in [3.05, 3.63) is 0 Å². The predicted molar refractivity (Wildman–Crippen MR) is 69.4 cm³/mol. The SMILES string of the molecule is CNC(=O)[C@@H](NCC1CCC2(CNC2=O)N1)[C@@H](C)O. The van der Waals surface area contributed by atoms with Gasteiger partial charge in [-0.2, -0.15) is 0 Å². The van der Waals surface area contributed by atoms with Crippen molar-refractivity contribution in [3.63, 3.8) is 0 Å². The number of β-lactam (4-membered cyclic amide) rings is 1. The molecule has 2 aliphatic heterocycles. The molecule has 108 valence electrons. The van der Waals surface area contributed by atoms with Crippen molar-refractivity contribution in [2.24, 2.45) is 0 Å². The lowest BCUT2D eigenvalue weighted by molar-refractivity contribution is -0.134. The van der Waals surface area contributed by atoms with Crippen molar-refractivity contribution in [2.45, 2.75) is 43.5 Å². The van der Waals surface area contributed by atoms with Gasteiger partial charge in [-0.25, -0.2) is 0 Å². The summed E-state index contributed by atoms with van der Waals surface area (Å²) < 4.78 is 0. The molecule has 2 fully saturated rings. The smallest absolute Gasteiger partial charge is 0.242 e. The summed E-state index contributed by atoms with van der Waals surface area (Å²) >= 11 is 0. The van der Waals surface area contributed by atoms with Crippen molar-refractivity contribution in [1.82, 2.24) is 21.3 Å². The van der Waals surface area contributed by atoms with E-state index < -0.39 is 12.1 Å². The fourth-order valence-electron chi connectivity index (χ4n) is 2.71. The van der Waals surface area contributed by atoms with E-state index in [-0.39, 0.29) is 23.4 Å². The van der Waals surface area contributed by atoms with Crippen molar-refractivity contribution in [3.8, 4) is 0 Å². The van der Waals surface area contributed by atoms with Crippen LogP contribution in [0.4, 0.5) is 0 Å². The quantitative estimate of drug-likeness (QED) is 0.361. The number of hydrogen-bond donors (Lipinski definition) is 5. The number of carbonyl (C=O) groups excluding carboxylic acids is 2. The fraction of sp³-hybridized carbons (Fsp3) is 0.833. The molecule has 2 saturated heterocycles. The van der Waals surface area contributed by atoms with Crippen LogP contribution in [0.1, 0.15) is 19.8 Å². The molecule has 19 heavy (non-hydrogen) atoms. The number of aliphatic hydroxyl groups is 1. The Morgan fingerprint density at radius 2 is 2.37 bits per heavy atom. The standard InChI is InChI=1S/C12H22N4O3/c1-7(17)9(10(18)13-2)14-5-8-3-4-12(16-8)6-15-11(12)19/h7-9,14,16-17H,3-6H2,1-2H3,(H,13,18)(H,15,19)/t7-,8?,9+,12?/m1/s1. The summed E-state index contributed by atoms with van der Waals surface area (Å²) in [5.41, 5.74) is -0.389. The zero-order valence-corrected chi connectivity index (χ0v) is 11.3. The predicted octanol–water partition coefficient (Wildman–Crippen LogP) is -2.31. The molecule has 0 radical (unpaired) electrons. The van der Waals surface area contributed by atoms with Crippen LogP contribution in [0.3, 0.4) is 0 Å². The van der Waals surface area contributed by atoms with Crippen LogP contribution in [0.15, 0.2) is 0 Å². The minimum absolute atomic E-state index is 0.0633. The van der Waals surface area contributed by atoms with E-state index in [2.05, 4.69) is 21.3 Å². The van der Waals surface area contributed by atoms with Gasteiger partial charge in [0.1, 0.15) is 11.6 Å². The first-order chi connectivity index (χ1) is 8.98. The van der Waals surface area contributed by atoms with Crippen LogP contribution in [0.2, 0.25) is 0 Å². The zero-order valence-electron chi connectivity index (χ0n) is 11.3. The molecular weight excluding hydrogens is 248 g/mol. The number of aliphatic hydroxyl groups excluding tert-OH is 1. The molecule has 0 aromatic heterocycles. The Labute approximate surface area is 112 Å². The van der Waals surface area contributed by atoms with Gasteiger partial charge < -0.3 is 21.1 Å². The maximum atomic E-state index is 11.6. The largest absolute Gasteiger partial charge is 0.391 e. The maximum absolute atomic E-state index is 11.6. The molecule has 0 bridgehead atoms. The molecular formula is C12H22N4O3. The van der Waals surface area contributed by atoms with Crippen molar-refractivity contribution < 1.29 is 14.7 Å². The average Bonchev–Trinajstić information content (AvgIpc) is 2.83. The summed E-state index contributed by atoms with van der Waals surface area (Å²) in [5, 5.41) is 21.2. The lowest BCUT2D eigenvalue weighted by Gasteiger charge is -2.38. The highest BCUT2D eigenvalue weighted by molar-refractivity contribution is 5.93. The van der Waals surface area contributed by atoms with E-state index >= 15 is 0 Å². The third kappa shape index (κ3) is 2.72. The highest BCUT2D eigenvalue weighted by atomic mass is 16.3. The first-order valence-electron chi connectivity index (χ1n) is 6.67. The van der Waals surface area contributed by atoms with E-state index in [0.29, 0.717) is 13.1 Å². The zero-order chi connectivity index (χ0) is 14.0. The van der Waals surface area contributed by atoms with Gasteiger partial charge in [-0.05, 0) is 19.8 Å². The Morgan fingerprint density at radius 1 is 1.63 bits per heavy atom. The number of nitrogens with one attached hydrogen (secondary N) is 4. The van der Waals surface area contributed by atoms with Crippen molar-refractivity contribution in [1.29, 1.82) is 0 Å². The van der Waals surface area contributed by atoms with Gasteiger partial charge in [0.15, 0.2) is 0 Å². The van der Waals surface area contributed by atoms with Crippen LogP contribution < -0.4 is 21.3 Å². The van der Waals surface area contributed by atoms with Crippen LogP contribution in [0.5, 0.6) is 0 Å². The summed E-state index contributed by atoms with van der Waals surface area (Å²) in [4.78, 5) is 23.1. The molecule has 5 N–H and O–H groups in total. The van der Waals surface area contributed by atoms with Gasteiger partial charge in [0.2, 0.25) is 11.8 Å². The first-order valence-corrected chi connectivity index (χ1v) is 6.67. The number of rotatable bonds is 5. The van der Waals surface area contributed by atoms with Gasteiger partial charge in [-0.15, -0.1) is 0 Å². The monoisotopic (exact) mass is 270 g/mol. The Bertz CT molecular complexity index is 374. The Kier molecular flexibility index (Phi) is 4.07. The van der Waals surface area contributed by atoms with Crippen LogP contribution in [-0.2, 0) is 9.59 Å². The van der Waals surface area contributed by atoms with Crippen molar-refractivity contribution in [2.75, 3.05) is 20.1 Å². The van der Waals surface area contributed by atoms with E-state index in [1.165, 1.54) is 0 Å². The fourth-order valence-corrected chi connectivity index (χ4v) is 2.71. The molecule has 2 amide bonds. The number of carbonyl (C=O) groups is 2. The molecule has 2 unspecified atom stereocenters. The minimum Gasteiger partial charge on any atom is -0.391 e. The van der Waals surface area contributed by atoms with Gasteiger partial charge in [-0.3, -0.25) is 14.9 Å². The molecule has 1 spiro atoms. The third-order valence-electron chi connectivity index (χ3n) is 3.98. The summed E-state index contributed by atoms with van der Waals surface area (Å²) in [6, 6.07) is -0.476. The summed E-state index contributed by atoms with van der Waals surface area (Å²) in [6.45, 7) is 2.81. The maximum Gasteiger partial charge on any atom is 0.242 e. The van der Waals surface area contributed by atoms with Crippen LogP contribution in [-0.4, -0.2) is 60.8 Å². The lowest BCUT2D eigenvalue weighted by atomic mass is 9.90. The first kappa shape index (κ1) is 14.2. The van der Waals surface area contributed by atoms with Crippen LogP contribution in [0, 0.1) is 0 Å². The molecule has 7 nitrogen and oxygen atoms in total. The Hall–Kier alpha value is -1.18. The second-order valence-corrected chi connectivity index (χ2v) is 5.39. The number of amides is 2. The van der Waals surface area contributed by atoms with E-state index in [1.807, 2.05) is 0 Å². The van der Waals surface area contributed by atoms with Crippen LogP contribution in [0.25, 0.3) is 0 Å². The topological polar surface area (TPSA) is 102 Å². The summed E-state index contributed by atoms with van der Waals surface area (Å²) in [5.74, 6) is -0.169. The molecule has 4 atom stereocenters. The van der Waals surface area contributed by atoms with E-state index in [0.717, 1.165) is 12.8 Å². The Balaban J connectivity index is 1.82. The van der Waals surface area contributed by atoms with E-state index in [9.17, 15) is 14.7 Å². The third-order valence-corrected chi connectivity index (χ3v) is 3.98. The molecule has 0 aromatic carbocycles. The van der Waals surface area contributed by atoms with Crippen molar-refractivity contribution >= 4 is 11.8 Å². The normalized spacial score (nSPS) is 32.6. The average molecular weight is 270 g/mol. The van der Waals surface area contributed by atoms with Gasteiger partial charge in [0.05, 0.1) is 6.10 Å². The highest BCUT2D eigenvalue weighted by Crippen LogP contribution is 2.27. The molecule has 0 aromatic rings. The summed E-state index contributed by atoms with van der Waals surface area (Å²) in [6.07, 6.45) is 0.952. The molecule has 0 saturated carbocycles.